The molecular formula is C12H12ClN5S. The van der Waals surface area contributed by atoms with E-state index in [1.54, 1.807) is 11.3 Å². The Labute approximate surface area is 119 Å². The lowest BCUT2D eigenvalue weighted by molar-refractivity contribution is 0.504. The molecule has 4 rings (SSSR count). The lowest BCUT2D eigenvalue weighted by Gasteiger charge is -2.03. The Morgan fingerprint density at radius 2 is 2.26 bits per heavy atom. The molecule has 5 nitrogen and oxygen atoms in total. The number of thiophene rings is 1. The molecule has 1 aliphatic carbocycles. The molecule has 1 saturated carbocycles. The highest BCUT2D eigenvalue weighted by Gasteiger charge is 2.35. The number of nitrogens with one attached hydrogen (secondary N) is 2. The molecule has 19 heavy (non-hydrogen) atoms. The quantitative estimate of drug-likeness (QED) is 0.836. The monoisotopic (exact) mass is 293 g/mol. The fraction of sp³-hybridized carbons (Fsp3) is 0.417. The van der Waals surface area contributed by atoms with Crippen LogP contribution in [-0.2, 0) is 0 Å². The molecule has 1 unspecified atom stereocenters. The van der Waals surface area contributed by atoms with Crippen LogP contribution in [0.2, 0.25) is 5.28 Å². The minimum atomic E-state index is 0.245. The third-order valence-electron chi connectivity index (χ3n) is 3.51. The zero-order chi connectivity index (χ0) is 12.8. The second-order valence-corrected chi connectivity index (χ2v) is 6.18. The molecule has 2 aromatic rings. The number of amidine groups is 1. The first kappa shape index (κ1) is 11.6. The van der Waals surface area contributed by atoms with Crippen LogP contribution in [0.3, 0.4) is 0 Å². The topological polar surface area (TPSA) is 62.2 Å². The average molecular weight is 294 g/mol. The van der Waals surface area contributed by atoms with E-state index in [4.69, 9.17) is 11.6 Å². The van der Waals surface area contributed by atoms with Gasteiger partial charge < -0.3 is 5.43 Å². The number of hydrazine groups is 1. The molecular weight excluding hydrogens is 282 g/mol. The zero-order valence-corrected chi connectivity index (χ0v) is 11.6. The molecule has 1 atom stereocenters. The lowest BCUT2D eigenvalue weighted by atomic mass is 10.1. The smallest absolute Gasteiger partial charge is 0.225 e. The van der Waals surface area contributed by atoms with Crippen LogP contribution >= 0.6 is 22.9 Å². The summed E-state index contributed by atoms with van der Waals surface area (Å²) in [5, 5.41) is 2.22. The standard InChI is InChI=1S/C12H12ClN5S/c13-12-14-7-3-4-19-10(7)11(16-12)15-9-5-8(17-18-9)6-1-2-6/h3-4,6,8,17H,1-2,5H2,(H,14,15,16,18). The highest BCUT2D eigenvalue weighted by atomic mass is 35.5. The van der Waals surface area contributed by atoms with Gasteiger partial charge in [0.2, 0.25) is 5.28 Å². The summed E-state index contributed by atoms with van der Waals surface area (Å²) in [5.74, 6) is 2.39. The number of hydrogen-bond acceptors (Lipinski definition) is 5. The van der Waals surface area contributed by atoms with E-state index in [1.807, 2.05) is 11.4 Å². The van der Waals surface area contributed by atoms with E-state index in [0.29, 0.717) is 11.9 Å². The second kappa shape index (κ2) is 4.40. The van der Waals surface area contributed by atoms with Crippen molar-refractivity contribution < 1.29 is 0 Å². The van der Waals surface area contributed by atoms with Gasteiger partial charge in [-0.05, 0) is 41.8 Å². The van der Waals surface area contributed by atoms with Gasteiger partial charge in [0.1, 0.15) is 5.84 Å². The van der Waals surface area contributed by atoms with Gasteiger partial charge in [0.05, 0.1) is 10.2 Å². The predicted molar refractivity (Wildman–Crippen MR) is 76.9 cm³/mol. The van der Waals surface area contributed by atoms with E-state index >= 15 is 0 Å². The Balaban J connectivity index is 1.68. The third kappa shape index (κ3) is 2.20. The van der Waals surface area contributed by atoms with E-state index in [-0.39, 0.29) is 5.28 Å². The first-order chi connectivity index (χ1) is 9.29. The van der Waals surface area contributed by atoms with Gasteiger partial charge >= 0.3 is 0 Å². The van der Waals surface area contributed by atoms with Gasteiger partial charge in [0.25, 0.3) is 0 Å². The maximum atomic E-state index is 5.93. The van der Waals surface area contributed by atoms with Crippen molar-refractivity contribution in [2.24, 2.45) is 10.9 Å². The Hall–Kier alpha value is -1.24. The van der Waals surface area contributed by atoms with Gasteiger partial charge in [0.15, 0.2) is 5.82 Å². The van der Waals surface area contributed by atoms with Crippen molar-refractivity contribution in [1.29, 1.82) is 0 Å². The van der Waals surface area contributed by atoms with Crippen molar-refractivity contribution in [3.63, 3.8) is 0 Å². The number of aliphatic imine (C=N–C) groups is 1. The molecule has 2 aromatic heterocycles. The predicted octanol–water partition coefficient (Wildman–Crippen LogP) is 2.65. The molecule has 98 valence electrons. The SMILES string of the molecule is Clc1nc(N=C2CC(C3CC3)NN2)c2sccc2n1. The van der Waals surface area contributed by atoms with Gasteiger partial charge in [-0.2, -0.15) is 4.98 Å². The zero-order valence-electron chi connectivity index (χ0n) is 10.1. The molecule has 2 N–H and O–H groups in total. The molecule has 1 saturated heterocycles. The molecule has 0 spiro atoms. The van der Waals surface area contributed by atoms with Crippen LogP contribution in [0.5, 0.6) is 0 Å². The van der Waals surface area contributed by atoms with Gasteiger partial charge in [-0.25, -0.2) is 15.4 Å². The molecule has 7 heteroatoms. The van der Waals surface area contributed by atoms with Crippen LogP contribution in [0, 0.1) is 5.92 Å². The van der Waals surface area contributed by atoms with E-state index in [9.17, 15) is 0 Å². The van der Waals surface area contributed by atoms with Crippen LogP contribution < -0.4 is 10.9 Å². The summed E-state index contributed by atoms with van der Waals surface area (Å²) in [5.41, 5.74) is 7.30. The molecule has 2 fully saturated rings. The number of halogens is 1. The molecule has 1 aliphatic heterocycles. The minimum Gasteiger partial charge on any atom is -0.309 e. The molecule has 3 heterocycles. The Morgan fingerprint density at radius 1 is 1.37 bits per heavy atom. The fourth-order valence-corrected chi connectivity index (χ4v) is 3.30. The summed E-state index contributed by atoms with van der Waals surface area (Å²) in [6, 6.07) is 2.44. The minimum absolute atomic E-state index is 0.245. The Kier molecular flexibility index (Phi) is 2.68. The number of fused-ring (bicyclic) bond motifs is 1. The van der Waals surface area contributed by atoms with Gasteiger partial charge in [0, 0.05) is 12.5 Å². The first-order valence-corrected chi connectivity index (χ1v) is 7.55. The van der Waals surface area contributed by atoms with Crippen molar-refractivity contribution in [1.82, 2.24) is 20.8 Å². The van der Waals surface area contributed by atoms with E-state index in [2.05, 4.69) is 25.8 Å². The van der Waals surface area contributed by atoms with Gasteiger partial charge in [-0.15, -0.1) is 11.3 Å². The third-order valence-corrected chi connectivity index (χ3v) is 4.57. The largest absolute Gasteiger partial charge is 0.309 e. The molecule has 0 bridgehead atoms. The van der Waals surface area contributed by atoms with E-state index in [0.717, 1.165) is 28.4 Å². The molecule has 0 amide bonds. The molecule has 0 radical (unpaired) electrons. The second-order valence-electron chi connectivity index (χ2n) is 4.93. The summed E-state index contributed by atoms with van der Waals surface area (Å²) >= 11 is 7.52. The van der Waals surface area contributed by atoms with Crippen LogP contribution in [-0.4, -0.2) is 21.8 Å². The van der Waals surface area contributed by atoms with Crippen molar-refractivity contribution in [2.45, 2.75) is 25.3 Å². The normalized spacial score (nSPS) is 25.1. The first-order valence-electron chi connectivity index (χ1n) is 6.29. The van der Waals surface area contributed by atoms with Crippen molar-refractivity contribution in [2.75, 3.05) is 0 Å². The Morgan fingerprint density at radius 3 is 3.11 bits per heavy atom. The van der Waals surface area contributed by atoms with Crippen molar-refractivity contribution >= 4 is 44.8 Å². The van der Waals surface area contributed by atoms with Crippen LogP contribution in [0.15, 0.2) is 16.4 Å². The van der Waals surface area contributed by atoms with Gasteiger partial charge in [-0.3, -0.25) is 0 Å². The highest BCUT2D eigenvalue weighted by Crippen LogP contribution is 2.35. The summed E-state index contributed by atoms with van der Waals surface area (Å²) in [6.07, 6.45) is 3.57. The lowest BCUT2D eigenvalue weighted by Crippen LogP contribution is -2.32. The summed E-state index contributed by atoms with van der Waals surface area (Å²) in [4.78, 5) is 13.0. The molecule has 0 aromatic carbocycles. The summed E-state index contributed by atoms with van der Waals surface area (Å²) in [6.45, 7) is 0. The Bertz CT molecular complexity index is 663. The van der Waals surface area contributed by atoms with Crippen molar-refractivity contribution in [3.8, 4) is 0 Å². The summed E-state index contributed by atoms with van der Waals surface area (Å²) < 4.78 is 0.980. The van der Waals surface area contributed by atoms with Gasteiger partial charge in [-0.1, -0.05) is 0 Å². The molecule has 2 aliphatic rings. The number of nitrogens with zero attached hydrogens (tertiary/aromatic N) is 3. The maximum Gasteiger partial charge on any atom is 0.225 e. The average Bonchev–Trinajstić information content (AvgIpc) is 2.95. The summed E-state index contributed by atoms with van der Waals surface area (Å²) in [7, 11) is 0. The van der Waals surface area contributed by atoms with E-state index < -0.39 is 0 Å². The fourth-order valence-electron chi connectivity index (χ4n) is 2.37. The van der Waals surface area contributed by atoms with E-state index in [1.165, 1.54) is 12.8 Å². The highest BCUT2D eigenvalue weighted by molar-refractivity contribution is 7.17. The maximum absolute atomic E-state index is 5.93. The number of hydrogen-bond donors (Lipinski definition) is 2. The van der Waals surface area contributed by atoms with Crippen LogP contribution in [0.1, 0.15) is 19.3 Å². The number of rotatable bonds is 2. The van der Waals surface area contributed by atoms with Crippen LogP contribution in [0.25, 0.3) is 10.2 Å². The number of aromatic nitrogens is 2. The van der Waals surface area contributed by atoms with Crippen molar-refractivity contribution in [3.05, 3.63) is 16.7 Å². The van der Waals surface area contributed by atoms with Crippen LogP contribution in [0.4, 0.5) is 5.82 Å².